The fourth-order valence-corrected chi connectivity index (χ4v) is 5.05. The molecule has 0 bridgehead atoms. The smallest absolute Gasteiger partial charge is 0.248 e. The minimum atomic E-state index is -3.63. The number of nitrogens with zero attached hydrogens (tertiary/aromatic N) is 4. The largest absolute Gasteiger partial charge is 0.376 e. The summed E-state index contributed by atoms with van der Waals surface area (Å²) < 4.78 is 42.8. The van der Waals surface area contributed by atoms with Crippen molar-refractivity contribution in [2.45, 2.75) is 37.7 Å². The van der Waals surface area contributed by atoms with Crippen molar-refractivity contribution in [1.29, 1.82) is 0 Å². The summed E-state index contributed by atoms with van der Waals surface area (Å²) in [5.74, 6) is 1.19. The summed E-state index contributed by atoms with van der Waals surface area (Å²) in [6.45, 7) is 4.80. The van der Waals surface area contributed by atoms with Crippen molar-refractivity contribution in [3.05, 3.63) is 59.1 Å². The predicted molar refractivity (Wildman–Crippen MR) is 102 cm³/mol. The molecule has 1 fully saturated rings. The van der Waals surface area contributed by atoms with E-state index in [0.717, 1.165) is 5.56 Å². The first-order valence-electron chi connectivity index (χ1n) is 9.32. The van der Waals surface area contributed by atoms with Crippen LogP contribution in [0.5, 0.6) is 0 Å². The first-order valence-corrected chi connectivity index (χ1v) is 10.8. The van der Waals surface area contributed by atoms with Crippen molar-refractivity contribution in [3.63, 3.8) is 0 Å². The summed E-state index contributed by atoms with van der Waals surface area (Å²) >= 11 is 0. The zero-order chi connectivity index (χ0) is 20.4. The summed E-state index contributed by atoms with van der Waals surface area (Å²) in [6, 6.07) is 9.92. The zero-order valence-corrected chi connectivity index (χ0v) is 17.1. The first-order chi connectivity index (χ1) is 13.9. The van der Waals surface area contributed by atoms with E-state index >= 15 is 0 Å². The predicted octanol–water partition coefficient (Wildman–Crippen LogP) is 2.22. The van der Waals surface area contributed by atoms with Gasteiger partial charge in [-0.05, 0) is 19.4 Å². The van der Waals surface area contributed by atoms with Gasteiger partial charge in [0.15, 0.2) is 11.6 Å². The van der Waals surface area contributed by atoms with Crippen molar-refractivity contribution < 1.29 is 22.2 Å². The molecule has 0 atom stereocenters. The average Bonchev–Trinajstić information content (AvgIpc) is 3.25. The van der Waals surface area contributed by atoms with E-state index in [1.807, 2.05) is 30.3 Å². The van der Waals surface area contributed by atoms with Gasteiger partial charge in [-0.3, -0.25) is 0 Å². The molecule has 0 radical (unpaired) electrons. The molecule has 0 unspecified atom stereocenters. The molecule has 0 aliphatic carbocycles. The van der Waals surface area contributed by atoms with Gasteiger partial charge in [0.25, 0.3) is 0 Å². The summed E-state index contributed by atoms with van der Waals surface area (Å²) in [5.41, 5.74) is 1.47. The molecule has 3 aromatic rings. The van der Waals surface area contributed by atoms with Crippen LogP contribution >= 0.6 is 0 Å². The van der Waals surface area contributed by atoms with E-state index in [9.17, 15) is 8.42 Å². The van der Waals surface area contributed by atoms with Gasteiger partial charge in [0, 0.05) is 19.5 Å². The third-order valence-corrected chi connectivity index (χ3v) is 6.91. The second-order valence-electron chi connectivity index (χ2n) is 7.01. The Kier molecular flexibility index (Phi) is 5.48. The van der Waals surface area contributed by atoms with Gasteiger partial charge in [0.1, 0.15) is 10.6 Å². The molecule has 0 spiro atoms. The summed E-state index contributed by atoms with van der Waals surface area (Å²) in [6.07, 6.45) is 0.532. The van der Waals surface area contributed by atoms with E-state index in [4.69, 9.17) is 13.8 Å². The molecule has 0 amide bonds. The number of ether oxygens (including phenoxy) is 1. The normalized spacial score (nSPS) is 15.5. The third-order valence-electron chi connectivity index (χ3n) is 4.83. The Labute approximate surface area is 168 Å². The lowest BCUT2D eigenvalue weighted by atomic mass is 10.0. The van der Waals surface area contributed by atoms with Crippen LogP contribution in [-0.4, -0.2) is 47.7 Å². The number of aryl methyl sites for hydroxylation is 2. The van der Waals surface area contributed by atoms with Gasteiger partial charge < -0.3 is 13.8 Å². The highest BCUT2D eigenvalue weighted by Gasteiger charge is 2.42. The van der Waals surface area contributed by atoms with Crippen molar-refractivity contribution in [3.8, 4) is 0 Å². The van der Waals surface area contributed by atoms with Gasteiger partial charge in [-0.1, -0.05) is 40.6 Å². The van der Waals surface area contributed by atoms with Crippen molar-refractivity contribution in [2.75, 3.05) is 19.7 Å². The number of hydrogen-bond donors (Lipinski definition) is 0. The van der Waals surface area contributed by atoms with E-state index < -0.39 is 10.0 Å². The standard InChI is InChI=1S/C19H22N4O5S/c1-13-18(14(2)27-21-13)29(24,25)23-10-16(11-23)19-20-17(22-28-19)8-9-26-12-15-6-4-3-5-7-15/h3-7,16H,8-12H2,1-2H3. The van der Waals surface area contributed by atoms with Crippen LogP contribution in [0.3, 0.4) is 0 Å². The maximum Gasteiger partial charge on any atom is 0.248 e. The topological polar surface area (TPSA) is 112 Å². The van der Waals surface area contributed by atoms with Crippen LogP contribution in [0.4, 0.5) is 0 Å². The zero-order valence-electron chi connectivity index (χ0n) is 16.2. The number of rotatable bonds is 8. The molecule has 154 valence electrons. The highest BCUT2D eigenvalue weighted by molar-refractivity contribution is 7.89. The Bertz CT molecular complexity index is 1050. The van der Waals surface area contributed by atoms with Gasteiger partial charge >= 0.3 is 0 Å². The molecule has 1 saturated heterocycles. The van der Waals surface area contributed by atoms with Crippen LogP contribution in [0.25, 0.3) is 0 Å². The van der Waals surface area contributed by atoms with Gasteiger partial charge in [-0.2, -0.15) is 9.29 Å². The molecule has 10 heteroatoms. The van der Waals surface area contributed by atoms with Crippen LogP contribution in [0.1, 0.15) is 34.7 Å². The van der Waals surface area contributed by atoms with Gasteiger partial charge in [0.05, 0.1) is 19.1 Å². The number of hydrogen-bond acceptors (Lipinski definition) is 8. The lowest BCUT2D eigenvalue weighted by Gasteiger charge is -2.35. The van der Waals surface area contributed by atoms with Gasteiger partial charge in [0.2, 0.25) is 15.9 Å². The fraction of sp³-hybridized carbons (Fsp3) is 0.421. The van der Waals surface area contributed by atoms with Crippen LogP contribution < -0.4 is 0 Å². The SMILES string of the molecule is Cc1noc(C)c1S(=O)(=O)N1CC(c2nc(CCOCc3ccccc3)no2)C1. The molecule has 0 saturated carbocycles. The quantitative estimate of drug-likeness (QED) is 0.512. The lowest BCUT2D eigenvalue weighted by molar-refractivity contribution is 0.122. The third kappa shape index (κ3) is 4.09. The molecular weight excluding hydrogens is 396 g/mol. The Hall–Kier alpha value is -2.56. The molecule has 29 heavy (non-hydrogen) atoms. The van der Waals surface area contributed by atoms with E-state index in [0.29, 0.717) is 55.9 Å². The minimum Gasteiger partial charge on any atom is -0.376 e. The van der Waals surface area contributed by atoms with E-state index in [1.165, 1.54) is 4.31 Å². The summed E-state index contributed by atoms with van der Waals surface area (Å²) in [4.78, 5) is 4.52. The molecule has 1 aromatic carbocycles. The molecule has 1 aliphatic heterocycles. The first kappa shape index (κ1) is 19.7. The lowest BCUT2D eigenvalue weighted by Crippen LogP contribution is -2.48. The second kappa shape index (κ2) is 8.05. The molecule has 1 aliphatic rings. The minimum absolute atomic E-state index is 0.114. The summed E-state index contributed by atoms with van der Waals surface area (Å²) in [7, 11) is -3.63. The van der Waals surface area contributed by atoms with Crippen LogP contribution in [0.15, 0.2) is 44.3 Å². The molecule has 0 N–H and O–H groups in total. The van der Waals surface area contributed by atoms with Crippen LogP contribution in [0.2, 0.25) is 0 Å². The highest BCUT2D eigenvalue weighted by Crippen LogP contribution is 2.33. The number of benzene rings is 1. The van der Waals surface area contributed by atoms with E-state index in [1.54, 1.807) is 13.8 Å². The highest BCUT2D eigenvalue weighted by atomic mass is 32.2. The fourth-order valence-electron chi connectivity index (χ4n) is 3.23. The van der Waals surface area contributed by atoms with Crippen molar-refractivity contribution >= 4 is 10.0 Å². The number of sulfonamides is 1. The average molecular weight is 418 g/mol. The Morgan fingerprint density at radius 1 is 1.14 bits per heavy atom. The van der Waals surface area contributed by atoms with Crippen LogP contribution in [-0.2, 0) is 27.8 Å². The molecule has 4 rings (SSSR count). The number of aromatic nitrogens is 3. The van der Waals surface area contributed by atoms with Crippen molar-refractivity contribution in [2.24, 2.45) is 0 Å². The molecule has 2 aromatic heterocycles. The second-order valence-corrected chi connectivity index (χ2v) is 8.88. The van der Waals surface area contributed by atoms with Gasteiger partial charge in [-0.25, -0.2) is 8.42 Å². The molecular formula is C19H22N4O5S. The Morgan fingerprint density at radius 3 is 2.59 bits per heavy atom. The van der Waals surface area contributed by atoms with Crippen molar-refractivity contribution in [1.82, 2.24) is 19.6 Å². The molecule has 3 heterocycles. The monoisotopic (exact) mass is 418 g/mol. The van der Waals surface area contributed by atoms with Crippen LogP contribution in [0, 0.1) is 13.8 Å². The Morgan fingerprint density at radius 2 is 1.90 bits per heavy atom. The van der Waals surface area contributed by atoms with E-state index in [2.05, 4.69) is 15.3 Å². The van der Waals surface area contributed by atoms with E-state index in [-0.39, 0.29) is 10.8 Å². The maximum atomic E-state index is 12.7. The maximum absolute atomic E-state index is 12.7. The molecule has 9 nitrogen and oxygen atoms in total. The van der Waals surface area contributed by atoms with Gasteiger partial charge in [-0.15, -0.1) is 0 Å². The summed E-state index contributed by atoms with van der Waals surface area (Å²) in [5, 5.41) is 7.69. The Balaban J connectivity index is 1.28.